The van der Waals surface area contributed by atoms with Crippen LogP contribution < -0.4 is 0 Å². The van der Waals surface area contributed by atoms with E-state index in [0.717, 1.165) is 58.5 Å². The molecule has 0 rings (SSSR count). The molecular formula is C26H46O9. The lowest BCUT2D eigenvalue weighted by Gasteiger charge is -2.28. The van der Waals surface area contributed by atoms with Gasteiger partial charge in [0.25, 0.3) is 0 Å². The van der Waals surface area contributed by atoms with Crippen LogP contribution in [0.15, 0.2) is 0 Å². The van der Waals surface area contributed by atoms with Crippen molar-refractivity contribution in [1.82, 2.24) is 0 Å². The van der Waals surface area contributed by atoms with Gasteiger partial charge in [0.1, 0.15) is 0 Å². The van der Waals surface area contributed by atoms with Gasteiger partial charge >= 0.3 is 24.1 Å². The molecule has 0 aromatic carbocycles. The third-order valence-corrected chi connectivity index (χ3v) is 5.48. The summed E-state index contributed by atoms with van der Waals surface area (Å²) in [5, 5.41) is 0. The molecule has 0 aromatic heterocycles. The first-order valence-electron chi connectivity index (χ1n) is 13.1. The Morgan fingerprint density at radius 2 is 1.03 bits per heavy atom. The Bertz CT molecular complexity index is 572. The van der Waals surface area contributed by atoms with Gasteiger partial charge in [-0.2, -0.15) is 0 Å². The minimum absolute atomic E-state index is 0.0129. The standard InChI is InChI=1S/C26H46O9/c1-5-8-10-12-14-16-18-33-22(27)20-26(24(29)31-4,35-25(30)32-7-3)21-23(28)34-19-17-15-13-11-9-6-2/h5-21H2,1-4H3. The van der Waals surface area contributed by atoms with Crippen molar-refractivity contribution in [3.63, 3.8) is 0 Å². The van der Waals surface area contributed by atoms with Crippen LogP contribution in [0.1, 0.15) is 111 Å². The molecule has 35 heavy (non-hydrogen) atoms. The molecule has 0 N–H and O–H groups in total. The summed E-state index contributed by atoms with van der Waals surface area (Å²) in [6.45, 7) is 6.16. The summed E-state index contributed by atoms with van der Waals surface area (Å²) in [5.41, 5.74) is -2.22. The minimum atomic E-state index is -2.22. The van der Waals surface area contributed by atoms with Crippen molar-refractivity contribution in [2.24, 2.45) is 0 Å². The highest BCUT2D eigenvalue weighted by molar-refractivity contribution is 5.91. The SMILES string of the molecule is CCCCCCCCOC(=O)CC(CC(=O)OCCCCCCCC)(OC(=O)OCC)C(=O)OC. The molecule has 0 saturated heterocycles. The van der Waals surface area contributed by atoms with Gasteiger partial charge in [-0.1, -0.05) is 78.1 Å². The first kappa shape index (κ1) is 32.7. The molecule has 0 aliphatic rings. The van der Waals surface area contributed by atoms with Crippen LogP contribution in [0.3, 0.4) is 0 Å². The topological polar surface area (TPSA) is 114 Å². The summed E-state index contributed by atoms with van der Waals surface area (Å²) in [4.78, 5) is 49.7. The van der Waals surface area contributed by atoms with E-state index in [1.807, 2.05) is 0 Å². The molecule has 0 heterocycles. The average Bonchev–Trinajstić information content (AvgIpc) is 2.82. The van der Waals surface area contributed by atoms with Crippen molar-refractivity contribution >= 4 is 24.1 Å². The highest BCUT2D eigenvalue weighted by atomic mass is 16.7. The van der Waals surface area contributed by atoms with Crippen molar-refractivity contribution in [3.8, 4) is 0 Å². The fraction of sp³-hybridized carbons (Fsp3) is 0.846. The monoisotopic (exact) mass is 502 g/mol. The molecule has 0 bridgehead atoms. The predicted octanol–water partition coefficient (Wildman–Crippen LogP) is 5.66. The van der Waals surface area contributed by atoms with Gasteiger partial charge in [-0.05, 0) is 19.8 Å². The maximum Gasteiger partial charge on any atom is 0.509 e. The number of methoxy groups -OCH3 is 1. The number of ether oxygens (including phenoxy) is 5. The number of hydrogen-bond acceptors (Lipinski definition) is 9. The van der Waals surface area contributed by atoms with Crippen LogP contribution in [0, 0.1) is 0 Å². The molecule has 0 spiro atoms. The molecule has 0 saturated carbocycles. The summed E-state index contributed by atoms with van der Waals surface area (Å²) in [5.74, 6) is -2.62. The zero-order valence-corrected chi connectivity index (χ0v) is 22.2. The van der Waals surface area contributed by atoms with Crippen LogP contribution >= 0.6 is 0 Å². The van der Waals surface area contributed by atoms with E-state index in [4.69, 9.17) is 23.7 Å². The number of unbranched alkanes of at least 4 members (excludes halogenated alkanes) is 10. The molecule has 204 valence electrons. The fourth-order valence-electron chi connectivity index (χ4n) is 3.52. The Morgan fingerprint density at radius 1 is 0.600 bits per heavy atom. The highest BCUT2D eigenvalue weighted by Gasteiger charge is 2.49. The molecule has 9 nitrogen and oxygen atoms in total. The Balaban J connectivity index is 5.01. The zero-order valence-electron chi connectivity index (χ0n) is 22.2. The first-order valence-corrected chi connectivity index (χ1v) is 13.1. The molecule has 0 aliphatic heterocycles. The van der Waals surface area contributed by atoms with Crippen LogP contribution in [-0.4, -0.2) is 56.6 Å². The van der Waals surface area contributed by atoms with Crippen molar-refractivity contribution in [2.45, 2.75) is 116 Å². The predicted molar refractivity (Wildman–Crippen MR) is 131 cm³/mol. The second-order valence-corrected chi connectivity index (χ2v) is 8.60. The first-order chi connectivity index (χ1) is 16.8. The molecule has 0 amide bonds. The van der Waals surface area contributed by atoms with Gasteiger partial charge in [-0.3, -0.25) is 9.59 Å². The Kier molecular flexibility index (Phi) is 19.6. The van der Waals surface area contributed by atoms with Crippen molar-refractivity contribution in [1.29, 1.82) is 0 Å². The van der Waals surface area contributed by atoms with Gasteiger partial charge in [0.05, 0.1) is 39.8 Å². The van der Waals surface area contributed by atoms with Gasteiger partial charge < -0.3 is 23.7 Å². The van der Waals surface area contributed by atoms with Crippen LogP contribution in [0.4, 0.5) is 4.79 Å². The molecule has 0 aromatic rings. The van der Waals surface area contributed by atoms with E-state index in [2.05, 4.69) is 13.8 Å². The van der Waals surface area contributed by atoms with Gasteiger partial charge in [0.15, 0.2) is 0 Å². The van der Waals surface area contributed by atoms with E-state index in [1.54, 1.807) is 6.92 Å². The number of hydrogen-bond donors (Lipinski definition) is 0. The van der Waals surface area contributed by atoms with Gasteiger partial charge in [-0.25, -0.2) is 9.59 Å². The van der Waals surface area contributed by atoms with E-state index in [1.165, 1.54) is 12.8 Å². The smallest absolute Gasteiger partial charge is 0.466 e. The lowest BCUT2D eigenvalue weighted by atomic mass is 9.95. The van der Waals surface area contributed by atoms with Crippen LogP contribution in [-0.2, 0) is 38.1 Å². The summed E-state index contributed by atoms with van der Waals surface area (Å²) < 4.78 is 25.2. The fourth-order valence-corrected chi connectivity index (χ4v) is 3.52. The van der Waals surface area contributed by atoms with E-state index in [9.17, 15) is 19.2 Å². The Labute approximate surface area is 210 Å². The zero-order chi connectivity index (χ0) is 26.4. The van der Waals surface area contributed by atoms with E-state index in [-0.39, 0.29) is 19.8 Å². The van der Waals surface area contributed by atoms with Crippen molar-refractivity contribution in [3.05, 3.63) is 0 Å². The van der Waals surface area contributed by atoms with Gasteiger partial charge in [-0.15, -0.1) is 0 Å². The third kappa shape index (κ3) is 16.1. The van der Waals surface area contributed by atoms with Gasteiger partial charge in [0, 0.05) is 0 Å². The molecular weight excluding hydrogens is 456 g/mol. The molecule has 0 fully saturated rings. The van der Waals surface area contributed by atoms with Crippen LogP contribution in [0.2, 0.25) is 0 Å². The summed E-state index contributed by atoms with van der Waals surface area (Å²) >= 11 is 0. The molecule has 0 unspecified atom stereocenters. The number of rotatable bonds is 21. The molecule has 0 aliphatic carbocycles. The summed E-state index contributed by atoms with van der Waals surface area (Å²) in [7, 11) is 1.08. The highest BCUT2D eigenvalue weighted by Crippen LogP contribution is 2.26. The Hall–Kier alpha value is -2.32. The molecule has 9 heteroatoms. The average molecular weight is 503 g/mol. The van der Waals surface area contributed by atoms with E-state index >= 15 is 0 Å². The third-order valence-electron chi connectivity index (χ3n) is 5.48. The van der Waals surface area contributed by atoms with E-state index < -0.39 is 42.5 Å². The van der Waals surface area contributed by atoms with E-state index in [0.29, 0.717) is 12.8 Å². The van der Waals surface area contributed by atoms with Crippen LogP contribution in [0.5, 0.6) is 0 Å². The number of esters is 3. The van der Waals surface area contributed by atoms with Gasteiger partial charge in [0.2, 0.25) is 5.60 Å². The summed E-state index contributed by atoms with van der Waals surface area (Å²) in [6, 6.07) is 0. The minimum Gasteiger partial charge on any atom is -0.466 e. The lowest BCUT2D eigenvalue weighted by molar-refractivity contribution is -0.178. The largest absolute Gasteiger partial charge is 0.509 e. The molecule has 0 radical (unpaired) electrons. The van der Waals surface area contributed by atoms with Crippen molar-refractivity contribution in [2.75, 3.05) is 26.9 Å². The maximum atomic E-state index is 12.6. The quantitative estimate of drug-likeness (QED) is 0.111. The molecule has 0 atom stereocenters. The van der Waals surface area contributed by atoms with Crippen molar-refractivity contribution < 1.29 is 42.9 Å². The second kappa shape index (κ2) is 21.0. The maximum absolute atomic E-state index is 12.6. The Morgan fingerprint density at radius 3 is 1.43 bits per heavy atom. The lowest BCUT2D eigenvalue weighted by Crippen LogP contribution is -2.48. The van der Waals surface area contributed by atoms with Crippen LogP contribution in [0.25, 0.3) is 0 Å². The normalized spacial score (nSPS) is 11.0. The number of carbonyl (C=O) groups excluding carboxylic acids is 4. The second-order valence-electron chi connectivity index (χ2n) is 8.60. The number of carbonyl (C=O) groups is 4. The summed E-state index contributed by atoms with van der Waals surface area (Å²) in [6.07, 6.45) is 9.63.